The van der Waals surface area contributed by atoms with Gasteiger partial charge in [0.1, 0.15) is 18.1 Å². The minimum atomic E-state index is -0.684. The molecule has 0 aliphatic carbocycles. The Morgan fingerprint density at radius 3 is 2.41 bits per heavy atom. The van der Waals surface area contributed by atoms with Crippen LogP contribution >= 0.6 is 0 Å². The van der Waals surface area contributed by atoms with Crippen molar-refractivity contribution in [3.8, 4) is 5.75 Å². The Hall–Kier alpha value is -3.42. The van der Waals surface area contributed by atoms with Crippen LogP contribution in [0.3, 0.4) is 0 Å². The molecule has 1 amide bonds. The van der Waals surface area contributed by atoms with Crippen LogP contribution in [0, 0.1) is 6.92 Å². The van der Waals surface area contributed by atoms with Crippen LogP contribution < -0.4 is 4.74 Å². The molecule has 2 saturated heterocycles. The van der Waals surface area contributed by atoms with Gasteiger partial charge in [-0.2, -0.15) is 0 Å². The lowest BCUT2D eigenvalue weighted by Crippen LogP contribution is -2.42. The van der Waals surface area contributed by atoms with Crippen LogP contribution in [0.15, 0.2) is 66.8 Å². The molecule has 2 heterocycles. The number of carbonyl (C=O) groups excluding carboxylic acids is 2. The molecule has 1 N–H and O–H groups in total. The number of rotatable bonds is 8. The highest BCUT2D eigenvalue weighted by Crippen LogP contribution is 2.39. The Labute approximate surface area is 199 Å². The van der Waals surface area contributed by atoms with Crippen LogP contribution in [-0.4, -0.2) is 72.6 Å². The Morgan fingerprint density at radius 2 is 1.76 bits per heavy atom. The maximum Gasteiger partial charge on any atom is 0.295 e. The van der Waals surface area contributed by atoms with Gasteiger partial charge in [-0.05, 0) is 24.6 Å². The molecule has 7 heteroatoms. The molecule has 7 nitrogen and oxygen atoms in total. The number of nitrogens with zero attached hydrogens (tertiary/aromatic N) is 2. The number of likely N-dealkylation sites (tertiary alicyclic amines) is 1. The summed E-state index contributed by atoms with van der Waals surface area (Å²) in [5.74, 6) is -0.771. The summed E-state index contributed by atoms with van der Waals surface area (Å²) < 4.78 is 11.0. The van der Waals surface area contributed by atoms with Crippen molar-refractivity contribution in [3.63, 3.8) is 0 Å². The van der Waals surface area contributed by atoms with E-state index < -0.39 is 17.7 Å². The molecule has 0 bridgehead atoms. The number of aryl methyl sites for hydroxylation is 1. The van der Waals surface area contributed by atoms with E-state index in [4.69, 9.17) is 9.47 Å². The van der Waals surface area contributed by atoms with Crippen molar-refractivity contribution in [2.24, 2.45) is 0 Å². The van der Waals surface area contributed by atoms with Gasteiger partial charge in [0.05, 0.1) is 24.8 Å². The first-order valence-corrected chi connectivity index (χ1v) is 11.5. The van der Waals surface area contributed by atoms with Gasteiger partial charge in [0.15, 0.2) is 0 Å². The third-order valence-electron chi connectivity index (χ3n) is 6.19. The van der Waals surface area contributed by atoms with Gasteiger partial charge in [0.25, 0.3) is 11.7 Å². The first-order chi connectivity index (χ1) is 16.5. The zero-order valence-corrected chi connectivity index (χ0v) is 19.4. The molecule has 2 fully saturated rings. The third-order valence-corrected chi connectivity index (χ3v) is 6.19. The molecule has 1 atom stereocenters. The van der Waals surface area contributed by atoms with Gasteiger partial charge < -0.3 is 19.5 Å². The second kappa shape index (κ2) is 10.7. The standard InChI is InChI=1S/C27H30N2O5/c1-3-16-34-22-10-8-20(9-11-22)24-23(25(30)21-6-4-19(2)5-7-21)26(31)27(32)29(24)13-12-28-14-17-33-18-15-28/h3-11,24,30H,1,12-18H2,2H3/t24-/m0/s1. The minimum Gasteiger partial charge on any atom is -0.507 e. The van der Waals surface area contributed by atoms with E-state index in [-0.39, 0.29) is 11.3 Å². The van der Waals surface area contributed by atoms with Crippen LogP contribution in [0.25, 0.3) is 5.76 Å². The minimum absolute atomic E-state index is 0.107. The summed E-state index contributed by atoms with van der Waals surface area (Å²) in [6.07, 6.45) is 1.66. The Bertz CT molecular complexity index is 1070. The molecule has 0 unspecified atom stereocenters. The van der Waals surface area contributed by atoms with E-state index in [0.29, 0.717) is 44.2 Å². The second-order valence-electron chi connectivity index (χ2n) is 8.48. The average Bonchev–Trinajstić information content (AvgIpc) is 3.12. The number of amides is 1. The Morgan fingerprint density at radius 1 is 1.09 bits per heavy atom. The van der Waals surface area contributed by atoms with E-state index in [1.54, 1.807) is 35.2 Å². The van der Waals surface area contributed by atoms with Crippen LogP contribution in [0.5, 0.6) is 5.75 Å². The Kier molecular flexibility index (Phi) is 7.45. The number of carbonyl (C=O) groups is 2. The summed E-state index contributed by atoms with van der Waals surface area (Å²) >= 11 is 0. The molecule has 178 valence electrons. The van der Waals surface area contributed by atoms with Crippen LogP contribution in [-0.2, 0) is 14.3 Å². The number of Topliss-reactive ketones (excluding diaryl/α,β-unsaturated/α-hetero) is 1. The van der Waals surface area contributed by atoms with Crippen LogP contribution in [0.4, 0.5) is 0 Å². The summed E-state index contributed by atoms with van der Waals surface area (Å²) in [5, 5.41) is 11.2. The van der Waals surface area contributed by atoms with E-state index in [2.05, 4.69) is 11.5 Å². The Balaban J connectivity index is 1.70. The number of aliphatic hydroxyl groups excluding tert-OH is 1. The molecule has 34 heavy (non-hydrogen) atoms. The summed E-state index contributed by atoms with van der Waals surface area (Å²) in [5.41, 5.74) is 2.39. The first kappa shape index (κ1) is 23.7. The monoisotopic (exact) mass is 462 g/mol. The predicted molar refractivity (Wildman–Crippen MR) is 130 cm³/mol. The molecule has 2 aromatic carbocycles. The van der Waals surface area contributed by atoms with Crippen molar-refractivity contribution in [1.29, 1.82) is 0 Å². The van der Waals surface area contributed by atoms with E-state index in [0.717, 1.165) is 24.2 Å². The number of ether oxygens (including phenoxy) is 2. The summed E-state index contributed by atoms with van der Waals surface area (Å²) in [7, 11) is 0. The zero-order valence-electron chi connectivity index (χ0n) is 19.4. The lowest BCUT2D eigenvalue weighted by Gasteiger charge is -2.31. The summed E-state index contributed by atoms with van der Waals surface area (Å²) in [4.78, 5) is 30.1. The SMILES string of the molecule is C=CCOc1ccc([C@H]2C(=C(O)c3ccc(C)cc3)C(=O)C(=O)N2CCN2CCOCC2)cc1. The molecular weight excluding hydrogens is 432 g/mol. The molecule has 2 aliphatic rings. The van der Waals surface area contributed by atoms with Crippen molar-refractivity contribution < 1.29 is 24.2 Å². The highest BCUT2D eigenvalue weighted by atomic mass is 16.5. The van der Waals surface area contributed by atoms with E-state index >= 15 is 0 Å². The first-order valence-electron chi connectivity index (χ1n) is 11.5. The third kappa shape index (κ3) is 5.05. The second-order valence-corrected chi connectivity index (χ2v) is 8.48. The lowest BCUT2D eigenvalue weighted by atomic mass is 9.95. The quantitative estimate of drug-likeness (QED) is 0.281. The fourth-order valence-corrected chi connectivity index (χ4v) is 4.30. The van der Waals surface area contributed by atoms with Gasteiger partial charge in [-0.3, -0.25) is 14.5 Å². The number of benzene rings is 2. The molecule has 0 aromatic heterocycles. The van der Waals surface area contributed by atoms with Gasteiger partial charge in [-0.15, -0.1) is 0 Å². The number of morpholine rings is 1. The van der Waals surface area contributed by atoms with E-state index in [1.807, 2.05) is 31.2 Å². The number of ketones is 1. The molecule has 0 saturated carbocycles. The molecule has 2 aliphatic heterocycles. The fraction of sp³-hybridized carbons (Fsp3) is 0.333. The van der Waals surface area contributed by atoms with Crippen molar-refractivity contribution in [1.82, 2.24) is 9.80 Å². The predicted octanol–water partition coefficient (Wildman–Crippen LogP) is 3.31. The largest absolute Gasteiger partial charge is 0.507 e. The number of hydrogen-bond acceptors (Lipinski definition) is 6. The van der Waals surface area contributed by atoms with Crippen molar-refractivity contribution in [3.05, 3.63) is 83.4 Å². The van der Waals surface area contributed by atoms with Gasteiger partial charge >= 0.3 is 0 Å². The molecular formula is C27H30N2O5. The topological polar surface area (TPSA) is 79.3 Å². The van der Waals surface area contributed by atoms with Gasteiger partial charge in [-0.1, -0.05) is 54.6 Å². The zero-order chi connectivity index (χ0) is 24.1. The number of hydrogen-bond donors (Lipinski definition) is 1. The van der Waals surface area contributed by atoms with Gasteiger partial charge in [0, 0.05) is 31.7 Å². The lowest BCUT2D eigenvalue weighted by molar-refractivity contribution is -0.140. The maximum atomic E-state index is 13.2. The van der Waals surface area contributed by atoms with Gasteiger partial charge in [0.2, 0.25) is 0 Å². The van der Waals surface area contributed by atoms with Crippen molar-refractivity contribution >= 4 is 17.4 Å². The average molecular weight is 463 g/mol. The van der Waals surface area contributed by atoms with Crippen molar-refractivity contribution in [2.45, 2.75) is 13.0 Å². The molecule has 0 spiro atoms. The van der Waals surface area contributed by atoms with Crippen LogP contribution in [0.1, 0.15) is 22.7 Å². The highest BCUT2D eigenvalue weighted by Gasteiger charge is 2.46. The summed E-state index contributed by atoms with van der Waals surface area (Å²) in [6.45, 7) is 9.85. The summed E-state index contributed by atoms with van der Waals surface area (Å²) in [6, 6.07) is 13.8. The fourth-order valence-electron chi connectivity index (χ4n) is 4.30. The van der Waals surface area contributed by atoms with Crippen LogP contribution in [0.2, 0.25) is 0 Å². The smallest absolute Gasteiger partial charge is 0.295 e. The maximum absolute atomic E-state index is 13.2. The molecule has 2 aromatic rings. The molecule has 4 rings (SSSR count). The normalized spacial score (nSPS) is 20.5. The van der Waals surface area contributed by atoms with Gasteiger partial charge in [-0.25, -0.2) is 0 Å². The van der Waals surface area contributed by atoms with E-state index in [9.17, 15) is 14.7 Å². The van der Waals surface area contributed by atoms with Crippen molar-refractivity contribution in [2.75, 3.05) is 46.0 Å². The highest BCUT2D eigenvalue weighted by molar-refractivity contribution is 6.46. The van der Waals surface area contributed by atoms with E-state index in [1.165, 1.54) is 0 Å². The number of aliphatic hydroxyl groups is 1. The molecule has 0 radical (unpaired) electrons.